The van der Waals surface area contributed by atoms with Crippen molar-refractivity contribution in [2.45, 2.75) is 38.1 Å². The van der Waals surface area contributed by atoms with E-state index in [1.54, 1.807) is 11.0 Å². The van der Waals surface area contributed by atoms with Gasteiger partial charge >= 0.3 is 0 Å². The average Bonchev–Trinajstić information content (AvgIpc) is 3.30. The van der Waals surface area contributed by atoms with E-state index in [1.807, 2.05) is 19.9 Å². The molecule has 7 heteroatoms. The monoisotopic (exact) mass is 393 g/mol. The zero-order chi connectivity index (χ0) is 19.4. The van der Waals surface area contributed by atoms with Gasteiger partial charge in [0.1, 0.15) is 17.2 Å². The molecule has 2 aliphatic heterocycles. The van der Waals surface area contributed by atoms with Gasteiger partial charge in [-0.1, -0.05) is 26.0 Å². The Morgan fingerprint density at radius 1 is 1.30 bits per heavy atom. The Morgan fingerprint density at radius 3 is 2.70 bits per heavy atom. The second-order valence-corrected chi connectivity index (χ2v) is 8.61. The maximum Gasteiger partial charge on any atom is 0.243 e. The largest absolute Gasteiger partial charge is 0.353 e. The van der Waals surface area contributed by atoms with Gasteiger partial charge < -0.3 is 15.1 Å². The molecule has 148 valence electrons. The summed E-state index contributed by atoms with van der Waals surface area (Å²) in [5, 5.41) is 2.67. The van der Waals surface area contributed by atoms with Crippen LogP contribution in [0.15, 0.2) is 24.3 Å². The SMILES string of the molecule is CC(C)C(=O)N1C(C(=O)NCCN2CCCC2)CSC1c1cccc(F)c1. The molecule has 1 aromatic carbocycles. The highest BCUT2D eigenvalue weighted by Gasteiger charge is 2.42. The highest BCUT2D eigenvalue weighted by Crippen LogP contribution is 2.42. The number of thioether (sulfide) groups is 1. The van der Waals surface area contributed by atoms with Crippen LogP contribution in [-0.2, 0) is 9.59 Å². The first-order valence-corrected chi connectivity index (χ1v) is 10.7. The molecular weight excluding hydrogens is 365 g/mol. The van der Waals surface area contributed by atoms with E-state index in [2.05, 4.69) is 10.2 Å². The van der Waals surface area contributed by atoms with Gasteiger partial charge in [0, 0.05) is 24.8 Å². The summed E-state index contributed by atoms with van der Waals surface area (Å²) in [6.45, 7) is 7.28. The first kappa shape index (κ1) is 20.1. The Kier molecular flexibility index (Phi) is 6.76. The van der Waals surface area contributed by atoms with Crippen molar-refractivity contribution in [1.82, 2.24) is 15.1 Å². The van der Waals surface area contributed by atoms with Gasteiger partial charge in [0.2, 0.25) is 11.8 Å². The van der Waals surface area contributed by atoms with E-state index in [-0.39, 0.29) is 28.9 Å². The zero-order valence-corrected chi connectivity index (χ0v) is 16.8. The smallest absolute Gasteiger partial charge is 0.243 e. The molecule has 2 unspecified atom stereocenters. The van der Waals surface area contributed by atoms with Crippen LogP contribution < -0.4 is 5.32 Å². The number of benzene rings is 1. The van der Waals surface area contributed by atoms with Crippen LogP contribution in [0.3, 0.4) is 0 Å². The predicted molar refractivity (Wildman–Crippen MR) is 106 cm³/mol. The Morgan fingerprint density at radius 2 is 2.04 bits per heavy atom. The summed E-state index contributed by atoms with van der Waals surface area (Å²) in [5.74, 6) is -0.221. The fraction of sp³-hybridized carbons (Fsp3) is 0.600. The summed E-state index contributed by atoms with van der Waals surface area (Å²) in [5.41, 5.74) is 0.723. The number of carbonyl (C=O) groups excluding carboxylic acids is 2. The summed E-state index contributed by atoms with van der Waals surface area (Å²) >= 11 is 1.52. The van der Waals surface area contributed by atoms with Crippen LogP contribution in [0.4, 0.5) is 4.39 Å². The number of likely N-dealkylation sites (tertiary alicyclic amines) is 1. The minimum atomic E-state index is -0.517. The number of carbonyl (C=O) groups is 2. The highest BCUT2D eigenvalue weighted by molar-refractivity contribution is 7.99. The first-order chi connectivity index (χ1) is 13.0. The topological polar surface area (TPSA) is 52.7 Å². The summed E-state index contributed by atoms with van der Waals surface area (Å²) in [6.07, 6.45) is 2.44. The Hall–Kier alpha value is -1.60. The number of nitrogens with zero attached hydrogens (tertiary/aromatic N) is 2. The van der Waals surface area contributed by atoms with E-state index < -0.39 is 6.04 Å². The molecule has 1 aromatic rings. The molecule has 27 heavy (non-hydrogen) atoms. The quantitative estimate of drug-likeness (QED) is 0.807. The fourth-order valence-electron chi connectivity index (χ4n) is 3.65. The minimum absolute atomic E-state index is 0.0750. The molecule has 5 nitrogen and oxygen atoms in total. The molecule has 2 aliphatic rings. The highest BCUT2D eigenvalue weighted by atomic mass is 32.2. The zero-order valence-electron chi connectivity index (χ0n) is 16.0. The Labute approximate surface area is 164 Å². The van der Waals surface area contributed by atoms with Crippen molar-refractivity contribution in [1.29, 1.82) is 0 Å². The molecule has 2 atom stereocenters. The number of nitrogens with one attached hydrogen (secondary N) is 1. The number of hydrogen-bond donors (Lipinski definition) is 1. The third-order valence-electron chi connectivity index (χ3n) is 5.11. The van der Waals surface area contributed by atoms with Crippen LogP contribution in [0.5, 0.6) is 0 Å². The van der Waals surface area contributed by atoms with E-state index in [0.717, 1.165) is 25.2 Å². The van der Waals surface area contributed by atoms with Crippen molar-refractivity contribution < 1.29 is 14.0 Å². The van der Waals surface area contributed by atoms with Crippen molar-refractivity contribution >= 4 is 23.6 Å². The lowest BCUT2D eigenvalue weighted by Gasteiger charge is -2.30. The molecule has 3 rings (SSSR count). The molecule has 0 aliphatic carbocycles. The number of halogens is 1. The molecule has 2 amide bonds. The molecule has 0 aromatic heterocycles. The van der Waals surface area contributed by atoms with Gasteiger partial charge in [0.15, 0.2) is 0 Å². The maximum absolute atomic E-state index is 13.7. The molecule has 1 N–H and O–H groups in total. The Balaban J connectivity index is 1.69. The van der Waals surface area contributed by atoms with Crippen LogP contribution in [0, 0.1) is 11.7 Å². The van der Waals surface area contributed by atoms with Crippen molar-refractivity contribution in [2.24, 2.45) is 5.92 Å². The molecule has 0 saturated carbocycles. The third kappa shape index (κ3) is 4.82. The lowest BCUT2D eigenvalue weighted by Crippen LogP contribution is -2.50. The predicted octanol–water partition coefficient (Wildman–Crippen LogP) is 2.64. The third-order valence-corrected chi connectivity index (χ3v) is 6.43. The summed E-state index contributed by atoms with van der Waals surface area (Å²) in [6, 6.07) is 5.78. The average molecular weight is 394 g/mol. The lowest BCUT2D eigenvalue weighted by molar-refractivity contribution is -0.142. The van der Waals surface area contributed by atoms with Gasteiger partial charge in [-0.05, 0) is 43.6 Å². The molecule has 0 radical (unpaired) electrons. The van der Waals surface area contributed by atoms with Gasteiger partial charge in [0.25, 0.3) is 0 Å². The molecule has 0 spiro atoms. The molecule has 2 saturated heterocycles. The van der Waals surface area contributed by atoms with Gasteiger partial charge in [-0.25, -0.2) is 4.39 Å². The van der Waals surface area contributed by atoms with Crippen molar-refractivity contribution in [3.05, 3.63) is 35.6 Å². The maximum atomic E-state index is 13.7. The van der Waals surface area contributed by atoms with Gasteiger partial charge in [-0.15, -0.1) is 11.8 Å². The second-order valence-electron chi connectivity index (χ2n) is 7.50. The van der Waals surface area contributed by atoms with Crippen LogP contribution in [0.25, 0.3) is 0 Å². The van der Waals surface area contributed by atoms with Crippen LogP contribution in [0.1, 0.15) is 37.6 Å². The number of hydrogen-bond acceptors (Lipinski definition) is 4. The van der Waals surface area contributed by atoms with E-state index in [9.17, 15) is 14.0 Å². The Bertz CT molecular complexity index is 679. The summed E-state index contributed by atoms with van der Waals surface area (Å²) < 4.78 is 13.7. The van der Waals surface area contributed by atoms with E-state index in [4.69, 9.17) is 0 Å². The van der Waals surface area contributed by atoms with Gasteiger partial charge in [0.05, 0.1) is 0 Å². The van der Waals surface area contributed by atoms with Crippen LogP contribution in [-0.4, -0.2) is 59.6 Å². The molecule has 0 bridgehead atoms. The molecule has 2 fully saturated rings. The lowest BCUT2D eigenvalue weighted by atomic mass is 10.1. The van der Waals surface area contributed by atoms with Crippen molar-refractivity contribution in [3.8, 4) is 0 Å². The van der Waals surface area contributed by atoms with Gasteiger partial charge in [-0.2, -0.15) is 0 Å². The van der Waals surface area contributed by atoms with Crippen molar-refractivity contribution in [3.63, 3.8) is 0 Å². The van der Waals surface area contributed by atoms with Crippen LogP contribution in [0.2, 0.25) is 0 Å². The minimum Gasteiger partial charge on any atom is -0.353 e. The number of amides is 2. The first-order valence-electron chi connectivity index (χ1n) is 9.66. The summed E-state index contributed by atoms with van der Waals surface area (Å²) in [7, 11) is 0. The molecular formula is C20H28FN3O2S. The standard InChI is InChI=1S/C20H28FN3O2S/c1-14(2)19(26)24-17(18(25)22-8-11-23-9-3-4-10-23)13-27-20(24)15-6-5-7-16(21)12-15/h5-7,12,14,17,20H,3-4,8-11,13H2,1-2H3,(H,22,25). The normalized spacial score (nSPS) is 23.2. The molecule has 2 heterocycles. The summed E-state index contributed by atoms with van der Waals surface area (Å²) in [4.78, 5) is 29.6. The number of rotatable bonds is 6. The fourth-order valence-corrected chi connectivity index (χ4v) is 5.08. The van der Waals surface area contributed by atoms with Crippen molar-refractivity contribution in [2.75, 3.05) is 31.9 Å². The van der Waals surface area contributed by atoms with Gasteiger partial charge in [-0.3, -0.25) is 9.59 Å². The van der Waals surface area contributed by atoms with E-state index in [0.29, 0.717) is 12.3 Å². The second kappa shape index (κ2) is 9.06. The van der Waals surface area contributed by atoms with E-state index >= 15 is 0 Å². The van der Waals surface area contributed by atoms with E-state index in [1.165, 1.54) is 36.7 Å². The van der Waals surface area contributed by atoms with Crippen LogP contribution >= 0.6 is 11.8 Å².